The third-order valence-corrected chi connectivity index (χ3v) is 8.85. The largest absolute Gasteiger partial charge is 0.481 e. The van der Waals surface area contributed by atoms with Gasteiger partial charge in [-0.05, 0) is 44.9 Å². The van der Waals surface area contributed by atoms with Gasteiger partial charge in [0.15, 0.2) is 0 Å². The Morgan fingerprint density at radius 2 is 0.653 bits per heavy atom. The molecular weight excluding hydrogens is 608 g/mol. The van der Waals surface area contributed by atoms with E-state index in [0.29, 0.717) is 19.3 Å². The van der Waals surface area contributed by atoms with Gasteiger partial charge < -0.3 is 9.84 Å². The highest BCUT2D eigenvalue weighted by Gasteiger charge is 2.10. The molecule has 0 rings (SSSR count). The van der Waals surface area contributed by atoms with E-state index < -0.39 is 5.97 Å². The highest BCUT2D eigenvalue weighted by atomic mass is 16.6. The molecule has 0 aliphatic carbocycles. The van der Waals surface area contributed by atoms with E-state index in [1.54, 1.807) is 0 Å². The van der Waals surface area contributed by atoms with Crippen molar-refractivity contribution in [1.29, 1.82) is 0 Å². The molecule has 0 unspecified atom stereocenters. The van der Waals surface area contributed by atoms with Gasteiger partial charge in [0.2, 0.25) is 0 Å². The summed E-state index contributed by atoms with van der Waals surface area (Å²) in [6, 6.07) is 0. The van der Waals surface area contributed by atoms with Gasteiger partial charge in [-0.25, -0.2) is 0 Å². The van der Waals surface area contributed by atoms with Crippen LogP contribution < -0.4 is 0 Å². The Balaban J connectivity index is -0.000000855. The van der Waals surface area contributed by atoms with Crippen molar-refractivity contribution in [3.05, 3.63) is 25.3 Å². The first kappa shape index (κ1) is 51.5. The zero-order valence-corrected chi connectivity index (χ0v) is 33.2. The number of carboxylic acids is 1. The van der Waals surface area contributed by atoms with Crippen LogP contribution in [0.15, 0.2) is 25.3 Å². The first-order valence-corrected chi connectivity index (χ1v) is 21.1. The minimum Gasteiger partial charge on any atom is -0.481 e. The quantitative estimate of drug-likeness (QED) is 0.0309. The summed E-state index contributed by atoms with van der Waals surface area (Å²) in [5.74, 6) is -1.33. The van der Waals surface area contributed by atoms with Crippen LogP contribution in [0.5, 0.6) is 0 Å². The number of allylic oxidation sites excluding steroid dienone is 2. The Morgan fingerprint density at radius 1 is 0.408 bits per heavy atom. The monoisotopic (exact) mass is 693 g/mol. The molecule has 0 atom stereocenters. The van der Waals surface area contributed by atoms with Crippen LogP contribution in [0, 0.1) is 0 Å². The van der Waals surface area contributed by atoms with E-state index in [4.69, 9.17) is 9.84 Å². The average molecular weight is 693 g/mol. The van der Waals surface area contributed by atoms with E-state index in [-0.39, 0.29) is 11.9 Å². The number of carboxylic acid groups (broad SMARTS) is 1. The fourth-order valence-electron chi connectivity index (χ4n) is 5.74. The first-order chi connectivity index (χ1) is 24.0. The zero-order chi connectivity index (χ0) is 36.9. The Bertz CT molecular complexity index is 669. The number of ether oxygens (including phenoxy) is 1. The zero-order valence-electron chi connectivity index (χ0n) is 33.2. The van der Waals surface area contributed by atoms with Crippen molar-refractivity contribution in [1.82, 2.24) is 0 Å². The molecule has 1 N–H and O–H groups in total. The van der Waals surface area contributed by atoms with Crippen molar-refractivity contribution in [3.63, 3.8) is 0 Å². The number of rotatable bonds is 35. The van der Waals surface area contributed by atoms with Crippen molar-refractivity contribution >= 4 is 17.9 Å². The second-order valence-corrected chi connectivity index (χ2v) is 13.7. The number of unbranched alkanes of at least 4 members (excludes halogenated alkanes) is 27. The average Bonchev–Trinajstić information content (AvgIpc) is 3.09. The predicted octanol–water partition coefficient (Wildman–Crippen LogP) is 14.8. The van der Waals surface area contributed by atoms with Gasteiger partial charge in [0.05, 0.1) is 0 Å². The van der Waals surface area contributed by atoms with Crippen LogP contribution in [0.4, 0.5) is 0 Å². The lowest BCUT2D eigenvalue weighted by atomic mass is 10.1. The third-order valence-electron chi connectivity index (χ3n) is 8.85. The molecule has 5 nitrogen and oxygen atoms in total. The normalized spacial score (nSPS) is 10.7. The highest BCUT2D eigenvalue weighted by molar-refractivity contribution is 5.85. The molecular formula is C44H84O5. The standard InChI is InChI=1S/C24H46O3.C18H34O2.C2H4/c1-3-5-7-9-11-13-15-17-19-21-23(25)27-24(26)22-20-18-16-14-12-10-8-6-4-2;1-2-3-4-5-6-7-8-9-10-11-12-13-14-15-16-17-18(19)20;1-2/h3-22H2,1-2H3;9-10H,2-8,11-17H2,1H3,(H,19,20);1-2H2/b;10-9-;. The smallest absolute Gasteiger partial charge is 0.313 e. The van der Waals surface area contributed by atoms with Crippen molar-refractivity contribution in [2.24, 2.45) is 0 Å². The van der Waals surface area contributed by atoms with Crippen molar-refractivity contribution in [3.8, 4) is 0 Å². The molecule has 0 aliphatic rings. The molecule has 0 bridgehead atoms. The van der Waals surface area contributed by atoms with E-state index in [2.05, 4.69) is 46.1 Å². The summed E-state index contributed by atoms with van der Waals surface area (Å²) in [5, 5.41) is 8.51. The van der Waals surface area contributed by atoms with E-state index in [0.717, 1.165) is 38.5 Å². The van der Waals surface area contributed by atoms with Crippen LogP contribution in [-0.4, -0.2) is 23.0 Å². The van der Waals surface area contributed by atoms with Gasteiger partial charge in [0.1, 0.15) is 0 Å². The maximum absolute atomic E-state index is 11.7. The minimum absolute atomic E-state index is 0.332. The SMILES string of the molecule is C=C.CCCCCCCC/C=C\CCCCCCCC(=O)O.CCCCCCCCCCCC(=O)OC(=O)CCCCCCCCCCC. The number of hydrogen-bond donors (Lipinski definition) is 1. The van der Waals surface area contributed by atoms with Gasteiger partial charge in [0, 0.05) is 19.3 Å². The van der Waals surface area contributed by atoms with Crippen molar-refractivity contribution in [2.75, 3.05) is 0 Å². The summed E-state index contributed by atoms with van der Waals surface area (Å²) in [4.78, 5) is 33.7. The van der Waals surface area contributed by atoms with Crippen LogP contribution >= 0.6 is 0 Å². The Kier molecular flexibility index (Phi) is 50.6. The van der Waals surface area contributed by atoms with Crippen LogP contribution in [0.3, 0.4) is 0 Å². The van der Waals surface area contributed by atoms with Crippen LogP contribution in [-0.2, 0) is 19.1 Å². The predicted molar refractivity (Wildman–Crippen MR) is 213 cm³/mol. The summed E-state index contributed by atoms with van der Waals surface area (Å²) in [7, 11) is 0. The summed E-state index contributed by atoms with van der Waals surface area (Å²) >= 11 is 0. The molecule has 0 amide bonds. The van der Waals surface area contributed by atoms with Gasteiger partial charge in [0.25, 0.3) is 0 Å². The second kappa shape index (κ2) is 48.2. The number of carbonyl (C=O) groups is 3. The number of carbonyl (C=O) groups excluding carboxylic acids is 2. The molecule has 0 saturated heterocycles. The Morgan fingerprint density at radius 3 is 0.939 bits per heavy atom. The van der Waals surface area contributed by atoms with Gasteiger partial charge in [-0.1, -0.05) is 187 Å². The maximum atomic E-state index is 11.7. The molecule has 0 aromatic carbocycles. The van der Waals surface area contributed by atoms with Crippen molar-refractivity contribution in [2.45, 2.75) is 239 Å². The van der Waals surface area contributed by atoms with E-state index >= 15 is 0 Å². The lowest BCUT2D eigenvalue weighted by Gasteiger charge is -2.04. The molecule has 5 heteroatoms. The maximum Gasteiger partial charge on any atom is 0.313 e. The Hall–Kier alpha value is -1.91. The van der Waals surface area contributed by atoms with Crippen LogP contribution in [0.2, 0.25) is 0 Å². The molecule has 0 aromatic rings. The molecule has 0 heterocycles. The topological polar surface area (TPSA) is 80.7 Å². The molecule has 0 saturated carbocycles. The van der Waals surface area contributed by atoms with Crippen molar-refractivity contribution < 1.29 is 24.2 Å². The molecule has 0 radical (unpaired) electrons. The number of esters is 2. The summed E-state index contributed by atoms with van der Waals surface area (Å²) in [5.41, 5.74) is 0. The molecule has 0 aliphatic heterocycles. The molecule has 0 aromatic heterocycles. The molecule has 49 heavy (non-hydrogen) atoms. The van der Waals surface area contributed by atoms with Crippen LogP contribution in [0.1, 0.15) is 239 Å². The molecule has 290 valence electrons. The summed E-state index contributed by atoms with van der Waals surface area (Å²) in [6.45, 7) is 12.7. The van der Waals surface area contributed by atoms with E-state index in [1.165, 1.54) is 161 Å². The fourth-order valence-corrected chi connectivity index (χ4v) is 5.74. The number of aliphatic carboxylic acids is 1. The first-order valence-electron chi connectivity index (χ1n) is 21.1. The Labute approximate surface area is 305 Å². The summed E-state index contributed by atoms with van der Waals surface area (Å²) < 4.78 is 4.92. The lowest BCUT2D eigenvalue weighted by Crippen LogP contribution is -2.11. The number of hydrogen-bond acceptors (Lipinski definition) is 4. The van der Waals surface area contributed by atoms with E-state index in [9.17, 15) is 14.4 Å². The van der Waals surface area contributed by atoms with Gasteiger partial charge >= 0.3 is 17.9 Å². The lowest BCUT2D eigenvalue weighted by molar-refractivity contribution is -0.159. The van der Waals surface area contributed by atoms with Gasteiger partial charge in [-0.2, -0.15) is 0 Å². The molecule has 0 fully saturated rings. The highest BCUT2D eigenvalue weighted by Crippen LogP contribution is 2.13. The second-order valence-electron chi connectivity index (χ2n) is 13.7. The van der Waals surface area contributed by atoms with Gasteiger partial charge in [-0.15, -0.1) is 13.2 Å². The third kappa shape index (κ3) is 53.1. The summed E-state index contributed by atoms with van der Waals surface area (Å²) in [6.07, 6.45) is 44.0. The van der Waals surface area contributed by atoms with Crippen LogP contribution in [0.25, 0.3) is 0 Å². The molecule has 0 spiro atoms. The fraction of sp³-hybridized carbons (Fsp3) is 0.841. The minimum atomic E-state index is -0.664. The van der Waals surface area contributed by atoms with Gasteiger partial charge in [-0.3, -0.25) is 14.4 Å². The van der Waals surface area contributed by atoms with E-state index in [1.807, 2.05) is 0 Å².